The minimum Gasteiger partial charge on any atom is -0.453 e. The fourth-order valence-electron chi connectivity index (χ4n) is 1.10. The van der Waals surface area contributed by atoms with Gasteiger partial charge in [-0.05, 0) is 12.1 Å². The predicted octanol–water partition coefficient (Wildman–Crippen LogP) is 1.37. The quantitative estimate of drug-likeness (QED) is 0.689. The molecule has 0 fully saturated rings. The van der Waals surface area contributed by atoms with E-state index in [0.717, 1.165) is 0 Å². The third kappa shape index (κ3) is 1.39. The van der Waals surface area contributed by atoms with E-state index in [0.29, 0.717) is 23.3 Å². The standard InChI is InChI=1S/C9H7NO4/c1-12-9-10-7-4-6(13-5-11)2-3-8(7)14-9/h2-5H,1H3. The van der Waals surface area contributed by atoms with E-state index in [1.165, 1.54) is 7.11 Å². The summed E-state index contributed by atoms with van der Waals surface area (Å²) in [4.78, 5) is 14.1. The third-order valence-corrected chi connectivity index (χ3v) is 1.70. The lowest BCUT2D eigenvalue weighted by molar-refractivity contribution is -0.120. The van der Waals surface area contributed by atoms with Crippen molar-refractivity contribution in [1.29, 1.82) is 0 Å². The average molecular weight is 193 g/mol. The van der Waals surface area contributed by atoms with Gasteiger partial charge in [0.1, 0.15) is 11.3 Å². The van der Waals surface area contributed by atoms with Crippen molar-refractivity contribution in [3.05, 3.63) is 18.2 Å². The number of oxazole rings is 1. The number of hydrogen-bond donors (Lipinski definition) is 0. The molecule has 2 rings (SSSR count). The topological polar surface area (TPSA) is 61.6 Å². The molecule has 0 aliphatic heterocycles. The minimum atomic E-state index is 0.184. The second kappa shape index (κ2) is 3.37. The summed E-state index contributed by atoms with van der Waals surface area (Å²) in [5.41, 5.74) is 1.17. The van der Waals surface area contributed by atoms with Crippen molar-refractivity contribution in [3.63, 3.8) is 0 Å². The summed E-state index contributed by atoms with van der Waals surface area (Å²) in [7, 11) is 1.47. The van der Waals surface area contributed by atoms with Crippen LogP contribution in [0.1, 0.15) is 0 Å². The number of hydrogen-bond acceptors (Lipinski definition) is 5. The second-order valence-electron chi connectivity index (χ2n) is 2.53. The number of ether oxygens (including phenoxy) is 2. The highest BCUT2D eigenvalue weighted by molar-refractivity contribution is 5.75. The molecule has 14 heavy (non-hydrogen) atoms. The van der Waals surface area contributed by atoms with Crippen molar-refractivity contribution < 1.29 is 18.7 Å². The Morgan fingerprint density at radius 3 is 3.07 bits per heavy atom. The van der Waals surface area contributed by atoms with E-state index in [1.807, 2.05) is 0 Å². The molecule has 1 heterocycles. The maximum Gasteiger partial charge on any atom is 0.394 e. The van der Waals surface area contributed by atoms with Crippen LogP contribution in [0.2, 0.25) is 0 Å². The molecule has 0 N–H and O–H groups in total. The molecule has 0 amide bonds. The molecule has 0 aliphatic rings. The molecule has 1 aromatic carbocycles. The maximum atomic E-state index is 10.1. The molecule has 5 heteroatoms. The molecule has 0 unspecified atom stereocenters. The molecule has 0 atom stereocenters. The summed E-state index contributed by atoms with van der Waals surface area (Å²) in [5.74, 6) is 0.420. The first-order valence-corrected chi connectivity index (χ1v) is 3.88. The van der Waals surface area contributed by atoms with E-state index >= 15 is 0 Å². The highest BCUT2D eigenvalue weighted by atomic mass is 16.6. The van der Waals surface area contributed by atoms with E-state index in [4.69, 9.17) is 9.15 Å². The minimum absolute atomic E-state index is 0.184. The van der Waals surface area contributed by atoms with Gasteiger partial charge >= 0.3 is 6.08 Å². The smallest absolute Gasteiger partial charge is 0.394 e. The lowest BCUT2D eigenvalue weighted by Crippen LogP contribution is -1.87. The van der Waals surface area contributed by atoms with E-state index in [2.05, 4.69) is 9.72 Å². The van der Waals surface area contributed by atoms with Gasteiger partial charge in [0.2, 0.25) is 0 Å². The summed E-state index contributed by atoms with van der Waals surface area (Å²) in [5, 5.41) is 0. The van der Waals surface area contributed by atoms with Crippen LogP contribution in [0.4, 0.5) is 0 Å². The molecule has 0 spiro atoms. The summed E-state index contributed by atoms with van der Waals surface area (Å²) >= 11 is 0. The van der Waals surface area contributed by atoms with Crippen LogP contribution in [-0.2, 0) is 4.79 Å². The van der Waals surface area contributed by atoms with E-state index in [1.54, 1.807) is 18.2 Å². The van der Waals surface area contributed by atoms with Crippen molar-refractivity contribution in [2.24, 2.45) is 0 Å². The van der Waals surface area contributed by atoms with Crippen LogP contribution in [0.3, 0.4) is 0 Å². The van der Waals surface area contributed by atoms with Gasteiger partial charge in [-0.1, -0.05) is 0 Å². The zero-order chi connectivity index (χ0) is 9.97. The highest BCUT2D eigenvalue weighted by Crippen LogP contribution is 2.24. The number of carbonyl (C=O) groups is 1. The predicted molar refractivity (Wildman–Crippen MR) is 47.3 cm³/mol. The second-order valence-corrected chi connectivity index (χ2v) is 2.53. The first-order chi connectivity index (χ1) is 6.83. The van der Waals surface area contributed by atoms with E-state index in [-0.39, 0.29) is 6.08 Å². The Labute approximate surface area is 79.2 Å². The summed E-state index contributed by atoms with van der Waals surface area (Å²) in [6, 6.07) is 4.86. The number of fused-ring (bicyclic) bond motifs is 1. The normalized spacial score (nSPS) is 10.1. The number of benzene rings is 1. The van der Waals surface area contributed by atoms with Crippen LogP contribution < -0.4 is 9.47 Å². The molecule has 0 aliphatic carbocycles. The first-order valence-electron chi connectivity index (χ1n) is 3.88. The van der Waals surface area contributed by atoms with Gasteiger partial charge in [0.25, 0.3) is 6.47 Å². The fourth-order valence-corrected chi connectivity index (χ4v) is 1.10. The van der Waals surface area contributed by atoms with Gasteiger partial charge in [-0.25, -0.2) is 0 Å². The monoisotopic (exact) mass is 193 g/mol. The zero-order valence-electron chi connectivity index (χ0n) is 7.39. The molecule has 5 nitrogen and oxygen atoms in total. The molecule has 1 aromatic heterocycles. The van der Waals surface area contributed by atoms with Crippen molar-refractivity contribution in [2.75, 3.05) is 7.11 Å². The first kappa shape index (κ1) is 8.55. The largest absolute Gasteiger partial charge is 0.453 e. The molecular weight excluding hydrogens is 186 g/mol. The molecule has 0 bridgehead atoms. The van der Waals surface area contributed by atoms with Crippen LogP contribution >= 0.6 is 0 Å². The lowest BCUT2D eigenvalue weighted by Gasteiger charge is -1.94. The van der Waals surface area contributed by atoms with E-state index in [9.17, 15) is 4.79 Å². The summed E-state index contributed by atoms with van der Waals surface area (Å²) in [6.45, 7) is 0.360. The van der Waals surface area contributed by atoms with Gasteiger partial charge < -0.3 is 13.9 Å². The number of carbonyl (C=O) groups excluding carboxylic acids is 1. The molecule has 72 valence electrons. The SMILES string of the molecule is COc1nc2cc(OC=O)ccc2o1. The van der Waals surface area contributed by atoms with Crippen LogP contribution in [0.5, 0.6) is 11.8 Å². The van der Waals surface area contributed by atoms with Crippen molar-refractivity contribution >= 4 is 17.6 Å². The van der Waals surface area contributed by atoms with Crippen molar-refractivity contribution in [1.82, 2.24) is 4.98 Å². The number of methoxy groups -OCH3 is 1. The number of nitrogens with zero attached hydrogens (tertiary/aromatic N) is 1. The van der Waals surface area contributed by atoms with Crippen molar-refractivity contribution in [2.45, 2.75) is 0 Å². The van der Waals surface area contributed by atoms with Gasteiger partial charge in [0.15, 0.2) is 5.58 Å². The number of aromatic nitrogens is 1. The summed E-state index contributed by atoms with van der Waals surface area (Å²) < 4.78 is 14.6. The fraction of sp³-hybridized carbons (Fsp3) is 0.111. The molecule has 0 saturated carbocycles. The van der Waals surface area contributed by atoms with Gasteiger partial charge in [-0.2, -0.15) is 4.98 Å². The lowest BCUT2D eigenvalue weighted by atomic mass is 10.3. The van der Waals surface area contributed by atoms with E-state index < -0.39 is 0 Å². The van der Waals surface area contributed by atoms with Crippen LogP contribution in [-0.4, -0.2) is 18.6 Å². The third-order valence-electron chi connectivity index (χ3n) is 1.70. The Hall–Kier alpha value is -2.04. The molecule has 2 aromatic rings. The maximum absolute atomic E-state index is 10.1. The van der Waals surface area contributed by atoms with Gasteiger partial charge in [0, 0.05) is 6.07 Å². The summed E-state index contributed by atoms with van der Waals surface area (Å²) in [6.07, 6.45) is 0.184. The average Bonchev–Trinajstić information content (AvgIpc) is 2.60. The Morgan fingerprint density at radius 1 is 1.50 bits per heavy atom. The van der Waals surface area contributed by atoms with Gasteiger partial charge in [-0.15, -0.1) is 0 Å². The number of rotatable bonds is 3. The Balaban J connectivity index is 2.48. The zero-order valence-corrected chi connectivity index (χ0v) is 7.39. The van der Waals surface area contributed by atoms with Crippen LogP contribution in [0.25, 0.3) is 11.1 Å². The Kier molecular flexibility index (Phi) is 2.06. The van der Waals surface area contributed by atoms with Crippen molar-refractivity contribution in [3.8, 4) is 11.8 Å². The molecule has 0 saturated heterocycles. The highest BCUT2D eigenvalue weighted by Gasteiger charge is 2.06. The van der Waals surface area contributed by atoms with Crippen LogP contribution in [0, 0.1) is 0 Å². The van der Waals surface area contributed by atoms with Gasteiger partial charge in [0.05, 0.1) is 7.11 Å². The van der Waals surface area contributed by atoms with Gasteiger partial charge in [-0.3, -0.25) is 4.79 Å². The Bertz CT molecular complexity index is 463. The Morgan fingerprint density at radius 2 is 2.36 bits per heavy atom. The van der Waals surface area contributed by atoms with Crippen LogP contribution in [0.15, 0.2) is 22.6 Å². The molecular formula is C9H7NO4. The molecule has 0 radical (unpaired) electrons.